The lowest BCUT2D eigenvalue weighted by Crippen LogP contribution is -2.31. The van der Waals surface area contributed by atoms with Gasteiger partial charge in [0.25, 0.3) is 5.91 Å². The number of fused-ring (bicyclic) bond motifs is 1. The van der Waals surface area contributed by atoms with Gasteiger partial charge in [-0.25, -0.2) is 4.98 Å². The first-order valence-electron chi connectivity index (χ1n) is 9.99. The molecule has 2 N–H and O–H groups in total. The quantitative estimate of drug-likeness (QED) is 0.606. The molecule has 2 heterocycles. The maximum atomic E-state index is 12.8. The maximum absolute atomic E-state index is 12.8. The molecule has 1 fully saturated rings. The summed E-state index contributed by atoms with van der Waals surface area (Å²) in [7, 11) is 4.20. The SMILES string of the molecule is C[C@H](NC(=O)c1ccc(N2CCC(N(C)C)C2)c(Cl)c1)c1nc2cc(Cl)ccc2[nH]1. The Bertz CT molecular complexity index is 1080. The Kier molecular flexibility index (Phi) is 5.91. The van der Waals surface area contributed by atoms with Gasteiger partial charge in [-0.15, -0.1) is 0 Å². The van der Waals surface area contributed by atoms with Crippen LogP contribution in [0, 0.1) is 0 Å². The number of imidazole rings is 1. The molecule has 1 aliphatic rings. The highest BCUT2D eigenvalue weighted by Gasteiger charge is 2.26. The third kappa shape index (κ3) is 4.26. The molecule has 4 rings (SSSR count). The molecule has 2 atom stereocenters. The Morgan fingerprint density at radius 1 is 1.27 bits per heavy atom. The van der Waals surface area contributed by atoms with Crippen molar-refractivity contribution in [2.75, 3.05) is 32.1 Å². The summed E-state index contributed by atoms with van der Waals surface area (Å²) in [6.07, 6.45) is 1.10. The highest BCUT2D eigenvalue weighted by atomic mass is 35.5. The minimum atomic E-state index is -0.290. The summed E-state index contributed by atoms with van der Waals surface area (Å²) in [4.78, 5) is 25.0. The number of nitrogens with one attached hydrogen (secondary N) is 2. The van der Waals surface area contributed by atoms with Crippen molar-refractivity contribution in [1.82, 2.24) is 20.2 Å². The summed E-state index contributed by atoms with van der Waals surface area (Å²) >= 11 is 12.6. The molecule has 0 radical (unpaired) electrons. The van der Waals surface area contributed by atoms with Crippen LogP contribution in [0.25, 0.3) is 11.0 Å². The standard InChI is InChI=1S/C22H25Cl2N5O/c1-13(21-26-18-6-5-15(23)11-19(18)27-21)25-22(30)14-4-7-20(17(24)10-14)29-9-8-16(12-29)28(2)3/h4-7,10-11,13,16H,8-9,12H2,1-3H3,(H,25,30)(H,26,27)/t13-,16?/m0/s1. The molecule has 3 aromatic rings. The van der Waals surface area contributed by atoms with Crippen LogP contribution >= 0.6 is 23.2 Å². The topological polar surface area (TPSA) is 64.3 Å². The minimum absolute atomic E-state index is 0.193. The summed E-state index contributed by atoms with van der Waals surface area (Å²) in [5.41, 5.74) is 3.15. The van der Waals surface area contributed by atoms with Gasteiger partial charge >= 0.3 is 0 Å². The number of hydrogen-bond acceptors (Lipinski definition) is 4. The van der Waals surface area contributed by atoms with Gasteiger partial charge in [-0.05, 0) is 63.8 Å². The molecule has 0 saturated carbocycles. The van der Waals surface area contributed by atoms with E-state index >= 15 is 0 Å². The van der Waals surface area contributed by atoms with E-state index in [0.29, 0.717) is 27.5 Å². The van der Waals surface area contributed by atoms with Gasteiger partial charge in [0.15, 0.2) is 0 Å². The molecule has 0 bridgehead atoms. The van der Waals surface area contributed by atoms with E-state index in [4.69, 9.17) is 23.2 Å². The molecule has 2 aromatic carbocycles. The molecule has 1 aromatic heterocycles. The van der Waals surface area contributed by atoms with Crippen molar-refractivity contribution in [3.05, 3.63) is 57.8 Å². The van der Waals surface area contributed by atoms with Crippen molar-refractivity contribution < 1.29 is 4.79 Å². The lowest BCUT2D eigenvalue weighted by atomic mass is 10.1. The number of aromatic amines is 1. The largest absolute Gasteiger partial charge is 0.369 e. The fourth-order valence-corrected chi connectivity index (χ4v) is 4.31. The normalized spacial score (nSPS) is 17.7. The molecule has 0 spiro atoms. The van der Waals surface area contributed by atoms with Gasteiger partial charge in [0.05, 0.1) is 27.8 Å². The van der Waals surface area contributed by atoms with Crippen LogP contribution < -0.4 is 10.2 Å². The van der Waals surface area contributed by atoms with Gasteiger partial charge in [-0.2, -0.15) is 0 Å². The van der Waals surface area contributed by atoms with E-state index in [0.717, 1.165) is 36.2 Å². The van der Waals surface area contributed by atoms with E-state index < -0.39 is 0 Å². The van der Waals surface area contributed by atoms with Crippen molar-refractivity contribution in [2.24, 2.45) is 0 Å². The fraction of sp³-hybridized carbons (Fsp3) is 0.364. The van der Waals surface area contributed by atoms with Gasteiger partial charge in [0, 0.05) is 29.7 Å². The zero-order chi connectivity index (χ0) is 21.4. The van der Waals surface area contributed by atoms with Crippen LogP contribution in [0.2, 0.25) is 10.0 Å². The molecular formula is C22H25Cl2N5O. The van der Waals surface area contributed by atoms with Gasteiger partial charge < -0.3 is 20.1 Å². The zero-order valence-corrected chi connectivity index (χ0v) is 18.8. The number of rotatable bonds is 5. The second-order valence-electron chi connectivity index (χ2n) is 8.00. The third-order valence-corrected chi connectivity index (χ3v) is 6.20. The predicted molar refractivity (Wildman–Crippen MR) is 123 cm³/mol. The second-order valence-corrected chi connectivity index (χ2v) is 8.84. The first kappa shape index (κ1) is 21.0. The number of benzene rings is 2. The number of carbonyl (C=O) groups is 1. The Morgan fingerprint density at radius 2 is 2.07 bits per heavy atom. The Morgan fingerprint density at radius 3 is 2.77 bits per heavy atom. The average Bonchev–Trinajstić information content (AvgIpc) is 3.34. The summed E-state index contributed by atoms with van der Waals surface area (Å²) < 4.78 is 0. The van der Waals surface area contributed by atoms with Crippen molar-refractivity contribution in [1.29, 1.82) is 0 Å². The number of carbonyl (C=O) groups excluding carboxylic acids is 1. The highest BCUT2D eigenvalue weighted by molar-refractivity contribution is 6.33. The van der Waals surface area contributed by atoms with Gasteiger partial charge in [-0.1, -0.05) is 23.2 Å². The summed E-state index contributed by atoms with van der Waals surface area (Å²) in [6.45, 7) is 3.78. The predicted octanol–water partition coefficient (Wildman–Crippen LogP) is 4.50. The van der Waals surface area contributed by atoms with Crippen LogP contribution in [0.1, 0.15) is 35.6 Å². The first-order valence-corrected chi connectivity index (χ1v) is 10.7. The number of halogens is 2. The highest BCUT2D eigenvalue weighted by Crippen LogP contribution is 2.30. The monoisotopic (exact) mass is 445 g/mol. The second kappa shape index (κ2) is 8.46. The lowest BCUT2D eigenvalue weighted by Gasteiger charge is -2.23. The summed E-state index contributed by atoms with van der Waals surface area (Å²) in [5, 5.41) is 4.20. The molecule has 0 aliphatic carbocycles. The number of H-pyrrole nitrogens is 1. The van der Waals surface area contributed by atoms with Crippen molar-refractivity contribution in [3.63, 3.8) is 0 Å². The molecule has 158 valence electrons. The number of likely N-dealkylation sites (N-methyl/N-ethyl adjacent to an activating group) is 1. The smallest absolute Gasteiger partial charge is 0.251 e. The van der Waals surface area contributed by atoms with Crippen molar-refractivity contribution in [2.45, 2.75) is 25.4 Å². The average molecular weight is 446 g/mol. The molecule has 1 saturated heterocycles. The molecule has 6 nitrogen and oxygen atoms in total. The van der Waals surface area contributed by atoms with E-state index in [-0.39, 0.29) is 11.9 Å². The summed E-state index contributed by atoms with van der Waals surface area (Å²) in [5.74, 6) is 0.483. The van der Waals surface area contributed by atoms with Gasteiger partial charge in [0.1, 0.15) is 5.82 Å². The van der Waals surface area contributed by atoms with Crippen LogP contribution in [-0.4, -0.2) is 54.0 Å². The third-order valence-electron chi connectivity index (χ3n) is 5.67. The zero-order valence-electron chi connectivity index (χ0n) is 17.2. The van der Waals surface area contributed by atoms with Gasteiger partial charge in [-0.3, -0.25) is 4.79 Å². The summed E-state index contributed by atoms with van der Waals surface area (Å²) in [6, 6.07) is 11.2. The number of nitrogens with zero attached hydrogens (tertiary/aromatic N) is 3. The van der Waals surface area contributed by atoms with E-state index in [2.05, 4.69) is 39.2 Å². The fourth-order valence-electron chi connectivity index (χ4n) is 3.84. The van der Waals surface area contributed by atoms with Gasteiger partial charge in [0.2, 0.25) is 0 Å². The number of anilines is 1. The van der Waals surface area contributed by atoms with Crippen LogP contribution in [0.5, 0.6) is 0 Å². The van der Waals surface area contributed by atoms with Crippen LogP contribution in [0.4, 0.5) is 5.69 Å². The van der Waals surface area contributed by atoms with Crippen LogP contribution in [0.15, 0.2) is 36.4 Å². The Balaban J connectivity index is 1.46. The van der Waals surface area contributed by atoms with E-state index in [1.807, 2.05) is 25.1 Å². The van der Waals surface area contributed by atoms with E-state index in [1.165, 1.54) is 0 Å². The molecule has 30 heavy (non-hydrogen) atoms. The molecule has 1 aliphatic heterocycles. The number of amides is 1. The van der Waals surface area contributed by atoms with Crippen LogP contribution in [-0.2, 0) is 0 Å². The number of hydrogen-bond donors (Lipinski definition) is 2. The van der Waals surface area contributed by atoms with Crippen molar-refractivity contribution in [3.8, 4) is 0 Å². The maximum Gasteiger partial charge on any atom is 0.251 e. The lowest BCUT2D eigenvalue weighted by molar-refractivity contribution is 0.0938. The van der Waals surface area contributed by atoms with Crippen molar-refractivity contribution >= 4 is 45.8 Å². The van der Waals surface area contributed by atoms with E-state index in [9.17, 15) is 4.79 Å². The van der Waals surface area contributed by atoms with Crippen LogP contribution in [0.3, 0.4) is 0 Å². The molecule has 1 amide bonds. The first-order chi connectivity index (χ1) is 14.3. The molecular weight excluding hydrogens is 421 g/mol. The molecule has 1 unspecified atom stereocenters. The Labute approximate surface area is 186 Å². The van der Waals surface area contributed by atoms with E-state index in [1.54, 1.807) is 18.2 Å². The minimum Gasteiger partial charge on any atom is -0.369 e. The number of aromatic nitrogens is 2. The molecule has 8 heteroatoms. The Hall–Kier alpha value is -2.28.